The molecule has 0 amide bonds. The van der Waals surface area contributed by atoms with Crippen molar-refractivity contribution in [2.45, 2.75) is 20.0 Å². The summed E-state index contributed by atoms with van der Waals surface area (Å²) >= 11 is 0. The van der Waals surface area contributed by atoms with Crippen LogP contribution < -0.4 is 11.3 Å². The number of nitrogens with one attached hydrogen (secondary N) is 1. The monoisotopic (exact) mass is 255 g/mol. The molecule has 2 rings (SSSR count). The first-order valence-electron chi connectivity index (χ1n) is 5.28. The predicted octanol–water partition coefficient (Wildman–Crippen LogP) is 3.16. The van der Waals surface area contributed by atoms with Crippen molar-refractivity contribution in [1.82, 2.24) is 4.98 Å². The van der Waals surface area contributed by atoms with Crippen molar-refractivity contribution in [3.05, 3.63) is 35.0 Å². The molecule has 2 aromatic rings. The van der Waals surface area contributed by atoms with Gasteiger partial charge in [0.15, 0.2) is 0 Å². The fraction of sp³-hybridized carbons (Fsp3) is 0.250. The quantitative estimate of drug-likeness (QED) is 0.608. The Kier molecular flexibility index (Phi) is 2.90. The van der Waals surface area contributed by atoms with Crippen molar-refractivity contribution < 1.29 is 13.2 Å². The second-order valence-electron chi connectivity index (χ2n) is 4.18. The van der Waals surface area contributed by atoms with Crippen LogP contribution in [0.1, 0.15) is 16.8 Å². The van der Waals surface area contributed by atoms with Gasteiger partial charge in [0, 0.05) is 5.39 Å². The molecule has 3 nitrogen and oxygen atoms in total. The molecule has 0 spiro atoms. The van der Waals surface area contributed by atoms with Crippen LogP contribution in [0.25, 0.3) is 10.9 Å². The van der Waals surface area contributed by atoms with Crippen LogP contribution in [0.2, 0.25) is 0 Å². The Labute approximate surface area is 102 Å². The van der Waals surface area contributed by atoms with Crippen LogP contribution >= 0.6 is 0 Å². The maximum absolute atomic E-state index is 12.7. The lowest BCUT2D eigenvalue weighted by molar-refractivity contribution is -0.140. The fourth-order valence-electron chi connectivity index (χ4n) is 1.95. The van der Waals surface area contributed by atoms with E-state index in [0.29, 0.717) is 16.5 Å². The third kappa shape index (κ3) is 2.11. The van der Waals surface area contributed by atoms with E-state index in [1.807, 2.05) is 6.92 Å². The third-order valence-electron chi connectivity index (χ3n) is 2.69. The molecule has 0 unspecified atom stereocenters. The van der Waals surface area contributed by atoms with E-state index in [0.717, 1.165) is 11.6 Å². The number of nitrogens with two attached hydrogens (primary N) is 1. The molecule has 18 heavy (non-hydrogen) atoms. The number of nitrogen functional groups attached to an aromatic ring is 1. The van der Waals surface area contributed by atoms with Gasteiger partial charge < -0.3 is 5.43 Å². The first kappa shape index (κ1) is 12.6. The number of hydrazine groups is 1. The Morgan fingerprint density at radius 2 is 1.83 bits per heavy atom. The molecule has 1 heterocycles. The number of alkyl halides is 3. The number of pyridine rings is 1. The van der Waals surface area contributed by atoms with Crippen molar-refractivity contribution in [3.8, 4) is 0 Å². The molecule has 0 bridgehead atoms. The number of benzene rings is 1. The summed E-state index contributed by atoms with van der Waals surface area (Å²) in [5.74, 6) is 5.28. The molecule has 0 radical (unpaired) electrons. The second-order valence-corrected chi connectivity index (χ2v) is 4.18. The first-order valence-corrected chi connectivity index (χ1v) is 5.28. The van der Waals surface area contributed by atoms with Gasteiger partial charge in [-0.05, 0) is 31.5 Å². The summed E-state index contributed by atoms with van der Waals surface area (Å²) in [6.45, 7) is 3.59. The van der Waals surface area contributed by atoms with Gasteiger partial charge in [-0.1, -0.05) is 11.6 Å². The average Bonchev–Trinajstić information content (AvgIpc) is 2.26. The Bertz CT molecular complexity index is 606. The number of fused-ring (bicyclic) bond motifs is 1. The van der Waals surface area contributed by atoms with Crippen molar-refractivity contribution in [1.29, 1.82) is 0 Å². The zero-order chi connectivity index (χ0) is 13.5. The number of anilines is 1. The molecule has 0 aliphatic heterocycles. The summed E-state index contributed by atoms with van der Waals surface area (Å²) in [6.07, 6.45) is -4.49. The van der Waals surface area contributed by atoms with E-state index >= 15 is 0 Å². The topological polar surface area (TPSA) is 50.9 Å². The Morgan fingerprint density at radius 3 is 2.39 bits per heavy atom. The lowest BCUT2D eigenvalue weighted by Gasteiger charge is -2.13. The Morgan fingerprint density at radius 1 is 1.17 bits per heavy atom. The van der Waals surface area contributed by atoms with Crippen LogP contribution in [0.15, 0.2) is 18.2 Å². The predicted molar refractivity (Wildman–Crippen MR) is 64.0 cm³/mol. The number of aryl methyl sites for hydroxylation is 2. The van der Waals surface area contributed by atoms with Gasteiger partial charge in [-0.25, -0.2) is 4.98 Å². The molecule has 0 aliphatic carbocycles. The Balaban J connectivity index is 2.84. The molecular weight excluding hydrogens is 243 g/mol. The smallest absolute Gasteiger partial charge is 0.323 e. The van der Waals surface area contributed by atoms with Gasteiger partial charge in [-0.3, -0.25) is 5.84 Å². The maximum Gasteiger partial charge on any atom is 0.433 e. The summed E-state index contributed by atoms with van der Waals surface area (Å²) in [5, 5.41) is 0.586. The third-order valence-corrected chi connectivity index (χ3v) is 2.69. The van der Waals surface area contributed by atoms with Gasteiger partial charge in [0.25, 0.3) is 0 Å². The number of hydrogen-bond acceptors (Lipinski definition) is 3. The van der Waals surface area contributed by atoms with Crippen LogP contribution in [-0.2, 0) is 6.18 Å². The lowest BCUT2D eigenvalue weighted by atomic mass is 10.0. The number of nitrogens with zero attached hydrogens (tertiary/aromatic N) is 1. The largest absolute Gasteiger partial charge is 0.433 e. The highest BCUT2D eigenvalue weighted by atomic mass is 19.4. The van der Waals surface area contributed by atoms with Gasteiger partial charge in [-0.2, -0.15) is 13.2 Å². The second kappa shape index (κ2) is 4.13. The van der Waals surface area contributed by atoms with Crippen LogP contribution in [0.4, 0.5) is 18.9 Å². The number of rotatable bonds is 1. The van der Waals surface area contributed by atoms with Crippen LogP contribution in [0.3, 0.4) is 0 Å². The number of aromatic nitrogens is 1. The van der Waals surface area contributed by atoms with E-state index in [2.05, 4.69) is 10.4 Å². The van der Waals surface area contributed by atoms with E-state index < -0.39 is 11.9 Å². The van der Waals surface area contributed by atoms with E-state index in [9.17, 15) is 13.2 Å². The van der Waals surface area contributed by atoms with Gasteiger partial charge in [0.1, 0.15) is 5.69 Å². The molecule has 0 fully saturated rings. The van der Waals surface area contributed by atoms with Crippen molar-refractivity contribution >= 4 is 16.6 Å². The summed E-state index contributed by atoms with van der Waals surface area (Å²) in [4.78, 5) is 3.68. The van der Waals surface area contributed by atoms with Crippen LogP contribution in [0.5, 0.6) is 0 Å². The molecule has 1 aromatic heterocycles. The maximum atomic E-state index is 12.7. The van der Waals surface area contributed by atoms with Gasteiger partial charge in [-0.15, -0.1) is 0 Å². The van der Waals surface area contributed by atoms with E-state index in [1.54, 1.807) is 19.1 Å². The van der Waals surface area contributed by atoms with E-state index in [1.165, 1.54) is 0 Å². The minimum atomic E-state index is -4.49. The minimum Gasteiger partial charge on any atom is -0.323 e. The highest BCUT2D eigenvalue weighted by molar-refractivity contribution is 5.93. The molecule has 0 saturated heterocycles. The normalized spacial score (nSPS) is 11.9. The van der Waals surface area contributed by atoms with E-state index in [-0.39, 0.29) is 5.69 Å². The van der Waals surface area contributed by atoms with Gasteiger partial charge >= 0.3 is 6.18 Å². The number of halogens is 3. The molecule has 1 aromatic carbocycles. The standard InChI is InChI=1S/C12H12F3N3/c1-6-3-7(2)11-8(4-6)9(18-16)5-10(17-11)12(13,14)15/h3-5H,16H2,1-2H3,(H,17,18). The SMILES string of the molecule is Cc1cc(C)c2nc(C(F)(F)F)cc(NN)c2c1. The summed E-state index contributed by atoms with van der Waals surface area (Å²) < 4.78 is 38.1. The van der Waals surface area contributed by atoms with E-state index in [4.69, 9.17) is 5.84 Å². The highest BCUT2D eigenvalue weighted by Crippen LogP contribution is 2.34. The van der Waals surface area contributed by atoms with Gasteiger partial charge in [0.05, 0.1) is 11.2 Å². The fourth-order valence-corrected chi connectivity index (χ4v) is 1.95. The summed E-state index contributed by atoms with van der Waals surface area (Å²) in [5.41, 5.74) is 3.51. The van der Waals surface area contributed by atoms with Gasteiger partial charge in [0.2, 0.25) is 0 Å². The molecular formula is C12H12F3N3. The molecule has 6 heteroatoms. The van der Waals surface area contributed by atoms with Crippen LogP contribution in [-0.4, -0.2) is 4.98 Å². The van der Waals surface area contributed by atoms with Crippen LogP contribution in [0, 0.1) is 13.8 Å². The van der Waals surface area contributed by atoms with Crippen molar-refractivity contribution in [2.24, 2.45) is 5.84 Å². The zero-order valence-electron chi connectivity index (χ0n) is 9.89. The molecule has 0 saturated carbocycles. The van der Waals surface area contributed by atoms with Crippen molar-refractivity contribution in [3.63, 3.8) is 0 Å². The molecule has 96 valence electrons. The lowest BCUT2D eigenvalue weighted by Crippen LogP contribution is -2.13. The molecule has 0 atom stereocenters. The summed E-state index contributed by atoms with van der Waals surface area (Å²) in [6, 6.07) is 4.46. The average molecular weight is 255 g/mol. The molecule has 3 N–H and O–H groups in total. The Hall–Kier alpha value is -1.82. The minimum absolute atomic E-state index is 0.221. The first-order chi connectivity index (χ1) is 8.32. The molecule has 0 aliphatic rings. The summed E-state index contributed by atoms with van der Waals surface area (Å²) in [7, 11) is 0. The number of hydrogen-bond donors (Lipinski definition) is 2. The van der Waals surface area contributed by atoms with Crippen molar-refractivity contribution in [2.75, 3.05) is 5.43 Å². The highest BCUT2D eigenvalue weighted by Gasteiger charge is 2.33. The zero-order valence-corrected chi connectivity index (χ0v) is 9.89.